The van der Waals surface area contributed by atoms with Gasteiger partial charge in [0, 0.05) is 25.2 Å². The molecule has 2 rings (SSSR count). The molecule has 21 heavy (non-hydrogen) atoms. The lowest BCUT2D eigenvalue weighted by atomic mass is 10.1. The monoisotopic (exact) mass is 296 g/mol. The van der Waals surface area contributed by atoms with Gasteiger partial charge in [0.05, 0.1) is 4.92 Å². The number of nitrogens with zero attached hydrogens (tertiary/aromatic N) is 4. The Bertz CT molecular complexity index is 513. The third kappa shape index (κ3) is 3.02. The lowest BCUT2D eigenvalue weighted by Crippen LogP contribution is -2.32. The maximum Gasteiger partial charge on any atom is 0.333 e. The zero-order valence-electron chi connectivity index (χ0n) is 12.9. The van der Waals surface area contributed by atoms with Crippen LogP contribution in [0.3, 0.4) is 0 Å². The zero-order chi connectivity index (χ0) is 15.6. The van der Waals surface area contributed by atoms with Crippen LogP contribution in [0.4, 0.5) is 11.5 Å². The van der Waals surface area contributed by atoms with Gasteiger partial charge >= 0.3 is 5.69 Å². The van der Waals surface area contributed by atoms with Crippen LogP contribution in [0, 0.1) is 17.0 Å². The molecule has 1 aromatic rings. The van der Waals surface area contributed by atoms with E-state index in [9.17, 15) is 10.1 Å². The van der Waals surface area contributed by atoms with Gasteiger partial charge in [-0.25, -0.2) is 4.68 Å². The Kier molecular flexibility index (Phi) is 4.82. The molecule has 1 aliphatic heterocycles. The summed E-state index contributed by atoms with van der Waals surface area (Å²) in [7, 11) is 0. The minimum Gasteiger partial charge on any atom is -0.396 e. The van der Waals surface area contributed by atoms with Crippen LogP contribution in [0.25, 0.3) is 0 Å². The number of aliphatic hydroxyl groups excluding tert-OH is 1. The first-order valence-corrected chi connectivity index (χ1v) is 7.58. The van der Waals surface area contributed by atoms with Crippen LogP contribution < -0.4 is 4.90 Å². The summed E-state index contributed by atoms with van der Waals surface area (Å²) in [6, 6.07) is 0.330. The molecule has 0 radical (unpaired) electrons. The van der Waals surface area contributed by atoms with Gasteiger partial charge in [0.25, 0.3) is 0 Å². The predicted octanol–water partition coefficient (Wildman–Crippen LogP) is 2.42. The largest absolute Gasteiger partial charge is 0.396 e. The van der Waals surface area contributed by atoms with Gasteiger partial charge in [-0.1, -0.05) is 0 Å². The van der Waals surface area contributed by atoms with E-state index >= 15 is 0 Å². The number of hydrogen-bond acceptors (Lipinski definition) is 5. The second kappa shape index (κ2) is 6.43. The predicted molar refractivity (Wildman–Crippen MR) is 80.7 cm³/mol. The van der Waals surface area contributed by atoms with Gasteiger partial charge in [0.15, 0.2) is 0 Å². The summed E-state index contributed by atoms with van der Waals surface area (Å²) in [5, 5.41) is 24.8. The minimum atomic E-state index is -0.321. The number of rotatable bonds is 6. The average molecular weight is 296 g/mol. The summed E-state index contributed by atoms with van der Waals surface area (Å²) >= 11 is 0. The molecule has 7 nitrogen and oxygen atoms in total. The maximum atomic E-state index is 11.4. The van der Waals surface area contributed by atoms with Gasteiger partial charge in [-0.05, 0) is 46.5 Å². The second-order valence-corrected chi connectivity index (χ2v) is 5.91. The highest BCUT2D eigenvalue weighted by atomic mass is 16.6. The SMILES string of the molecule is Cc1nn(C(C)C)c(N2CCCC2CCCO)c1[N+](=O)[O-]. The van der Waals surface area contributed by atoms with E-state index in [-0.39, 0.29) is 29.3 Å². The van der Waals surface area contributed by atoms with E-state index in [1.54, 1.807) is 11.6 Å². The van der Waals surface area contributed by atoms with Crippen molar-refractivity contribution in [2.75, 3.05) is 18.1 Å². The van der Waals surface area contributed by atoms with Crippen LogP contribution in [0.15, 0.2) is 0 Å². The molecule has 0 aliphatic carbocycles. The van der Waals surface area contributed by atoms with E-state index in [4.69, 9.17) is 5.11 Å². The molecule has 1 unspecified atom stereocenters. The topological polar surface area (TPSA) is 84.4 Å². The molecule has 0 spiro atoms. The highest BCUT2D eigenvalue weighted by Gasteiger charge is 2.35. The van der Waals surface area contributed by atoms with Crippen LogP contribution in [-0.4, -0.2) is 39.0 Å². The molecule has 1 N–H and O–H groups in total. The molecule has 1 atom stereocenters. The Morgan fingerprint density at radius 2 is 2.24 bits per heavy atom. The van der Waals surface area contributed by atoms with Gasteiger partial charge in [0.2, 0.25) is 5.82 Å². The molecule has 2 heterocycles. The molecule has 1 saturated heterocycles. The Morgan fingerprint density at radius 3 is 2.81 bits per heavy atom. The molecule has 1 aromatic heterocycles. The quantitative estimate of drug-likeness (QED) is 0.643. The first kappa shape index (κ1) is 15.8. The maximum absolute atomic E-state index is 11.4. The first-order valence-electron chi connectivity index (χ1n) is 7.58. The molecule has 118 valence electrons. The fourth-order valence-corrected chi connectivity index (χ4v) is 3.11. The van der Waals surface area contributed by atoms with Crippen molar-refractivity contribution in [3.05, 3.63) is 15.8 Å². The van der Waals surface area contributed by atoms with Crippen molar-refractivity contribution in [2.45, 2.75) is 58.5 Å². The number of aliphatic hydroxyl groups is 1. The number of nitro groups is 1. The zero-order valence-corrected chi connectivity index (χ0v) is 12.9. The summed E-state index contributed by atoms with van der Waals surface area (Å²) in [5.41, 5.74) is 0.594. The Hall–Kier alpha value is -1.63. The first-order chi connectivity index (χ1) is 9.97. The summed E-state index contributed by atoms with van der Waals surface area (Å²) in [4.78, 5) is 13.2. The third-order valence-electron chi connectivity index (χ3n) is 4.05. The molecule has 0 saturated carbocycles. The van der Waals surface area contributed by atoms with E-state index in [1.807, 2.05) is 13.8 Å². The highest BCUT2D eigenvalue weighted by molar-refractivity contribution is 5.62. The van der Waals surface area contributed by atoms with Gasteiger partial charge < -0.3 is 10.0 Å². The molecular formula is C14H24N4O3. The van der Waals surface area contributed by atoms with Crippen LogP contribution in [0.5, 0.6) is 0 Å². The van der Waals surface area contributed by atoms with Crippen molar-refractivity contribution in [1.29, 1.82) is 0 Å². The van der Waals surface area contributed by atoms with E-state index in [0.717, 1.165) is 32.2 Å². The molecule has 1 aliphatic rings. The summed E-state index contributed by atoms with van der Waals surface area (Å²) in [6.07, 6.45) is 3.62. The molecule has 0 amide bonds. The van der Waals surface area contributed by atoms with Crippen LogP contribution in [-0.2, 0) is 0 Å². The summed E-state index contributed by atoms with van der Waals surface area (Å²) in [5.74, 6) is 0.632. The lowest BCUT2D eigenvalue weighted by Gasteiger charge is -2.27. The van der Waals surface area contributed by atoms with Crippen molar-refractivity contribution in [2.24, 2.45) is 0 Å². The molecule has 7 heteroatoms. The Labute approximate surface area is 124 Å². The van der Waals surface area contributed by atoms with Crippen molar-refractivity contribution < 1.29 is 10.0 Å². The van der Waals surface area contributed by atoms with Crippen molar-refractivity contribution in [3.8, 4) is 0 Å². The minimum absolute atomic E-state index is 0.0755. The third-order valence-corrected chi connectivity index (χ3v) is 4.05. The van der Waals surface area contributed by atoms with Gasteiger partial charge in [0.1, 0.15) is 5.69 Å². The van der Waals surface area contributed by atoms with E-state index in [1.165, 1.54) is 0 Å². The van der Waals surface area contributed by atoms with Crippen LogP contribution in [0.2, 0.25) is 0 Å². The molecular weight excluding hydrogens is 272 g/mol. The van der Waals surface area contributed by atoms with Crippen molar-refractivity contribution in [1.82, 2.24) is 9.78 Å². The second-order valence-electron chi connectivity index (χ2n) is 5.91. The van der Waals surface area contributed by atoms with Gasteiger partial charge in [-0.2, -0.15) is 5.10 Å². The Morgan fingerprint density at radius 1 is 1.52 bits per heavy atom. The van der Waals surface area contributed by atoms with E-state index in [0.29, 0.717) is 11.5 Å². The number of hydrogen-bond donors (Lipinski definition) is 1. The van der Waals surface area contributed by atoms with Gasteiger partial charge in [-0.3, -0.25) is 10.1 Å². The lowest BCUT2D eigenvalue weighted by molar-refractivity contribution is -0.384. The number of aromatic nitrogens is 2. The number of anilines is 1. The molecule has 0 bridgehead atoms. The fourth-order valence-electron chi connectivity index (χ4n) is 3.11. The molecule has 1 fully saturated rings. The molecule has 0 aromatic carbocycles. The standard InChI is InChI=1S/C14H24N4O3/c1-10(2)17-14(13(18(20)21)11(3)15-17)16-8-4-6-12(16)7-5-9-19/h10,12,19H,4-9H2,1-3H3. The van der Waals surface area contributed by atoms with Crippen LogP contribution in [0.1, 0.15) is 51.3 Å². The summed E-state index contributed by atoms with van der Waals surface area (Å²) < 4.78 is 1.77. The van der Waals surface area contributed by atoms with Crippen LogP contribution >= 0.6 is 0 Å². The highest BCUT2D eigenvalue weighted by Crippen LogP contribution is 2.38. The Balaban J connectivity index is 2.43. The number of aryl methyl sites for hydroxylation is 1. The fraction of sp³-hybridized carbons (Fsp3) is 0.786. The van der Waals surface area contributed by atoms with E-state index in [2.05, 4.69) is 10.00 Å². The summed E-state index contributed by atoms with van der Waals surface area (Å²) in [6.45, 7) is 6.64. The smallest absolute Gasteiger partial charge is 0.333 e. The normalized spacial score (nSPS) is 18.7. The van der Waals surface area contributed by atoms with Crippen molar-refractivity contribution in [3.63, 3.8) is 0 Å². The van der Waals surface area contributed by atoms with Crippen molar-refractivity contribution >= 4 is 11.5 Å². The van der Waals surface area contributed by atoms with E-state index < -0.39 is 0 Å². The average Bonchev–Trinajstić information content (AvgIpc) is 2.99. The van der Waals surface area contributed by atoms with Gasteiger partial charge in [-0.15, -0.1) is 0 Å².